The number of ketones is 1. The van der Waals surface area contributed by atoms with Crippen molar-refractivity contribution in [3.63, 3.8) is 0 Å². The number of nitrogens with zero attached hydrogens (tertiary/aromatic N) is 4. The van der Waals surface area contributed by atoms with Gasteiger partial charge in [0.1, 0.15) is 11.5 Å². The van der Waals surface area contributed by atoms with Crippen LogP contribution in [0, 0.1) is 26.6 Å². The number of amides is 3. The Morgan fingerprint density at radius 1 is 1.03 bits per heavy atom. The van der Waals surface area contributed by atoms with Crippen molar-refractivity contribution in [2.75, 3.05) is 18.4 Å². The average Bonchev–Trinajstić information content (AvgIpc) is 3.40. The normalized spacial score (nSPS) is 14.7. The van der Waals surface area contributed by atoms with Crippen LogP contribution in [-0.4, -0.2) is 61.4 Å². The zero-order chi connectivity index (χ0) is 28.6. The number of carbonyl (C=O) groups excluding carboxylic acids is 4. The van der Waals surface area contributed by atoms with Gasteiger partial charge in [0.15, 0.2) is 0 Å². The summed E-state index contributed by atoms with van der Waals surface area (Å²) in [5.41, 5.74) is 1.94. The van der Waals surface area contributed by atoms with Crippen molar-refractivity contribution in [1.82, 2.24) is 24.6 Å². The minimum atomic E-state index is -0.770. The maximum absolute atomic E-state index is 13.6. The lowest BCUT2D eigenvalue weighted by Gasteiger charge is -2.39. The Morgan fingerprint density at radius 2 is 1.69 bits per heavy atom. The van der Waals surface area contributed by atoms with Gasteiger partial charge in [0.2, 0.25) is 0 Å². The molecule has 0 spiro atoms. The van der Waals surface area contributed by atoms with Crippen molar-refractivity contribution in [1.29, 1.82) is 0 Å². The summed E-state index contributed by atoms with van der Waals surface area (Å²) in [5, 5.41) is 9.66. The lowest BCUT2D eigenvalue weighted by atomic mass is 9.89. The number of hydrogen-bond acceptors (Lipinski definition) is 5. The molecule has 4 rings (SSSR count). The number of carbonyl (C=O) groups is 4. The minimum absolute atomic E-state index is 0.123. The molecule has 0 radical (unpaired) electrons. The van der Waals surface area contributed by atoms with Gasteiger partial charge in [-0.3, -0.25) is 23.9 Å². The number of halogens is 1. The number of piperidine rings is 1. The van der Waals surface area contributed by atoms with Crippen LogP contribution in [0.3, 0.4) is 0 Å². The van der Waals surface area contributed by atoms with E-state index in [-0.39, 0.29) is 23.0 Å². The van der Waals surface area contributed by atoms with Gasteiger partial charge in [-0.2, -0.15) is 5.10 Å². The van der Waals surface area contributed by atoms with E-state index in [9.17, 15) is 23.6 Å². The van der Waals surface area contributed by atoms with E-state index in [4.69, 9.17) is 0 Å². The number of hydrogen-bond donors (Lipinski definition) is 2. The Morgan fingerprint density at radius 3 is 2.28 bits per heavy atom. The third-order valence-corrected chi connectivity index (χ3v) is 7.60. The third-order valence-electron chi connectivity index (χ3n) is 7.60. The fourth-order valence-corrected chi connectivity index (χ4v) is 5.06. The van der Waals surface area contributed by atoms with Gasteiger partial charge in [-0.1, -0.05) is 0 Å². The number of aromatic nitrogens is 3. The molecule has 2 N–H and O–H groups in total. The van der Waals surface area contributed by atoms with Crippen molar-refractivity contribution in [3.05, 3.63) is 70.1 Å². The highest BCUT2D eigenvalue weighted by atomic mass is 19.1. The molecule has 2 aromatic heterocycles. The summed E-state index contributed by atoms with van der Waals surface area (Å²) in [6, 6.07) is 5.92. The van der Waals surface area contributed by atoms with E-state index in [2.05, 4.69) is 15.7 Å². The van der Waals surface area contributed by atoms with Crippen LogP contribution in [0.15, 0.2) is 30.5 Å². The maximum atomic E-state index is 13.6. The second-order valence-electron chi connectivity index (χ2n) is 10.4. The van der Waals surface area contributed by atoms with E-state index in [0.717, 1.165) is 0 Å². The molecule has 1 saturated heterocycles. The number of nitrogens with one attached hydrogen (secondary N) is 2. The molecule has 3 aromatic rings. The van der Waals surface area contributed by atoms with Gasteiger partial charge in [0.25, 0.3) is 23.5 Å². The van der Waals surface area contributed by atoms with E-state index in [0.29, 0.717) is 54.1 Å². The van der Waals surface area contributed by atoms with Gasteiger partial charge >= 0.3 is 0 Å². The quantitative estimate of drug-likeness (QED) is 0.371. The van der Waals surface area contributed by atoms with Crippen molar-refractivity contribution in [2.45, 2.75) is 46.1 Å². The summed E-state index contributed by atoms with van der Waals surface area (Å²) in [6.45, 7) is 7.62. The van der Waals surface area contributed by atoms with Gasteiger partial charge < -0.3 is 20.1 Å². The highest BCUT2D eigenvalue weighted by Crippen LogP contribution is 2.26. The molecule has 11 heteroatoms. The Hall–Kier alpha value is -4.28. The summed E-state index contributed by atoms with van der Waals surface area (Å²) < 4.78 is 16.7. The van der Waals surface area contributed by atoms with E-state index < -0.39 is 23.1 Å². The predicted molar refractivity (Wildman–Crippen MR) is 143 cm³/mol. The number of likely N-dealkylation sites (tertiary alicyclic amines) is 1. The second kappa shape index (κ2) is 10.5. The van der Waals surface area contributed by atoms with Crippen molar-refractivity contribution < 1.29 is 23.6 Å². The zero-order valence-electron chi connectivity index (χ0n) is 23.0. The molecule has 39 heavy (non-hydrogen) atoms. The molecule has 1 aliphatic rings. The Bertz CT molecular complexity index is 1480. The number of Topliss-reactive ketones (excluding diaryl/α,β-unsaturated/α-hetero) is 1. The summed E-state index contributed by atoms with van der Waals surface area (Å²) in [6.07, 6.45) is 2.52. The molecule has 3 heterocycles. The second-order valence-corrected chi connectivity index (χ2v) is 10.4. The standard InChI is InChI=1S/C28H33FN6O4/c1-16-15-19(7-8-20(16)29)31-25(37)22-17(2)23(33(5)18(22)3)24(36)26(38)32-28(4)10-13-35(14-11-28)27(39)21-9-12-30-34(21)6/h7-9,12,15H,10-11,13-14H2,1-6H3,(H,31,37)(H,32,38). The first-order chi connectivity index (χ1) is 18.3. The molecule has 1 fully saturated rings. The zero-order valence-corrected chi connectivity index (χ0v) is 23.0. The van der Waals surface area contributed by atoms with Crippen LogP contribution < -0.4 is 10.6 Å². The van der Waals surface area contributed by atoms with Crippen LogP contribution in [0.4, 0.5) is 10.1 Å². The monoisotopic (exact) mass is 536 g/mol. The molecule has 0 atom stereocenters. The van der Waals surface area contributed by atoms with Gasteiger partial charge in [0.05, 0.1) is 11.3 Å². The fraction of sp³-hybridized carbons (Fsp3) is 0.393. The SMILES string of the molecule is Cc1cc(NC(=O)c2c(C)c(C(=O)C(=O)NC3(C)CCN(C(=O)c4ccnn4C)CC3)n(C)c2C)ccc1F. The molecule has 0 bridgehead atoms. The average molecular weight is 537 g/mol. The van der Waals surface area contributed by atoms with Gasteiger partial charge in [0, 0.05) is 50.3 Å². The first-order valence-corrected chi connectivity index (χ1v) is 12.7. The lowest BCUT2D eigenvalue weighted by Crippen LogP contribution is -2.55. The van der Waals surface area contributed by atoms with Crippen LogP contribution in [0.5, 0.6) is 0 Å². The molecule has 1 aromatic carbocycles. The lowest BCUT2D eigenvalue weighted by molar-refractivity contribution is -0.119. The first-order valence-electron chi connectivity index (χ1n) is 12.7. The number of rotatable bonds is 6. The van der Waals surface area contributed by atoms with Crippen LogP contribution in [0.2, 0.25) is 0 Å². The highest BCUT2D eigenvalue weighted by Gasteiger charge is 2.37. The Kier molecular flexibility index (Phi) is 7.45. The summed E-state index contributed by atoms with van der Waals surface area (Å²) in [4.78, 5) is 54.0. The molecule has 0 aliphatic carbocycles. The van der Waals surface area contributed by atoms with Crippen molar-refractivity contribution in [2.24, 2.45) is 14.1 Å². The van der Waals surface area contributed by atoms with E-state index >= 15 is 0 Å². The molecule has 10 nitrogen and oxygen atoms in total. The van der Waals surface area contributed by atoms with Crippen LogP contribution >= 0.6 is 0 Å². The van der Waals surface area contributed by atoms with E-state index in [1.807, 2.05) is 6.92 Å². The highest BCUT2D eigenvalue weighted by molar-refractivity contribution is 6.43. The molecule has 206 valence electrons. The smallest absolute Gasteiger partial charge is 0.294 e. The Labute approximate surface area is 226 Å². The summed E-state index contributed by atoms with van der Waals surface area (Å²) in [7, 11) is 3.34. The maximum Gasteiger partial charge on any atom is 0.294 e. The largest absolute Gasteiger partial charge is 0.344 e. The van der Waals surface area contributed by atoms with Crippen LogP contribution in [0.25, 0.3) is 0 Å². The first kappa shape index (κ1) is 27.7. The van der Waals surface area contributed by atoms with Gasteiger partial charge in [-0.05, 0) is 75.9 Å². The molecule has 1 aliphatic heterocycles. The predicted octanol–water partition coefficient (Wildman–Crippen LogP) is 3.07. The Balaban J connectivity index is 1.45. The number of benzene rings is 1. The molecule has 0 saturated carbocycles. The molecule has 0 unspecified atom stereocenters. The van der Waals surface area contributed by atoms with Gasteiger partial charge in [-0.25, -0.2) is 4.39 Å². The van der Waals surface area contributed by atoms with E-state index in [1.165, 1.54) is 22.9 Å². The van der Waals surface area contributed by atoms with Crippen molar-refractivity contribution >= 4 is 29.2 Å². The molecular formula is C28H33FN6O4. The van der Waals surface area contributed by atoms with Crippen molar-refractivity contribution in [3.8, 4) is 0 Å². The van der Waals surface area contributed by atoms with Gasteiger partial charge in [-0.15, -0.1) is 0 Å². The summed E-state index contributed by atoms with van der Waals surface area (Å²) in [5.74, 6) is -2.48. The number of aryl methyl sites for hydroxylation is 2. The fourth-order valence-electron chi connectivity index (χ4n) is 5.06. The number of anilines is 1. The topological polar surface area (TPSA) is 118 Å². The van der Waals surface area contributed by atoms with Crippen LogP contribution in [-0.2, 0) is 18.9 Å². The molecular weight excluding hydrogens is 503 g/mol. The van der Waals surface area contributed by atoms with E-state index in [1.54, 1.807) is 56.6 Å². The third kappa shape index (κ3) is 5.34. The minimum Gasteiger partial charge on any atom is -0.344 e. The van der Waals surface area contributed by atoms with Crippen LogP contribution in [0.1, 0.15) is 67.9 Å². The molecule has 3 amide bonds. The summed E-state index contributed by atoms with van der Waals surface area (Å²) >= 11 is 0.